The summed E-state index contributed by atoms with van der Waals surface area (Å²) in [6, 6.07) is 6.64. The minimum absolute atomic E-state index is 0.0881. The smallest absolute Gasteiger partial charge is 0.349 e. The summed E-state index contributed by atoms with van der Waals surface area (Å²) in [4.78, 5) is 15.1. The number of oxime groups is 1. The quantitative estimate of drug-likeness (QED) is 0.291. The first-order valence-electron chi connectivity index (χ1n) is 3.98. The maximum atomic E-state index is 10.7. The molecular formula is C9H8Cl2N2O2. The van der Waals surface area contributed by atoms with E-state index in [0.29, 0.717) is 10.6 Å². The van der Waals surface area contributed by atoms with Crippen LogP contribution in [0.3, 0.4) is 0 Å². The molecule has 0 aromatic heterocycles. The van der Waals surface area contributed by atoms with Gasteiger partial charge in [0.2, 0.25) is 0 Å². The van der Waals surface area contributed by atoms with Gasteiger partial charge in [0, 0.05) is 10.6 Å². The normalized spacial score (nSPS) is 11.2. The Bertz CT molecular complexity index is 376. The van der Waals surface area contributed by atoms with Gasteiger partial charge in [0.25, 0.3) is 0 Å². The lowest BCUT2D eigenvalue weighted by Crippen LogP contribution is -2.15. The van der Waals surface area contributed by atoms with E-state index in [9.17, 15) is 4.79 Å². The summed E-state index contributed by atoms with van der Waals surface area (Å²) in [7, 11) is 0. The highest BCUT2D eigenvalue weighted by molar-refractivity contribution is 6.30. The van der Waals surface area contributed by atoms with Crippen LogP contribution < -0.4 is 5.73 Å². The summed E-state index contributed by atoms with van der Waals surface area (Å²) in [5, 5.41) is 4.00. The van der Waals surface area contributed by atoms with E-state index in [1.165, 1.54) is 0 Å². The van der Waals surface area contributed by atoms with Crippen molar-refractivity contribution >= 4 is 35.0 Å². The molecule has 0 bridgehead atoms. The number of benzene rings is 1. The average molecular weight is 247 g/mol. The van der Waals surface area contributed by atoms with Crippen molar-refractivity contribution in [3.05, 3.63) is 34.9 Å². The zero-order valence-corrected chi connectivity index (χ0v) is 9.13. The van der Waals surface area contributed by atoms with Crippen LogP contribution in [0.15, 0.2) is 29.4 Å². The Balaban J connectivity index is 2.71. The van der Waals surface area contributed by atoms with Crippen molar-refractivity contribution in [1.29, 1.82) is 0 Å². The second kappa shape index (κ2) is 5.58. The van der Waals surface area contributed by atoms with Gasteiger partial charge >= 0.3 is 5.97 Å². The van der Waals surface area contributed by atoms with Crippen LogP contribution in [-0.4, -0.2) is 17.7 Å². The Morgan fingerprint density at radius 1 is 1.40 bits per heavy atom. The van der Waals surface area contributed by atoms with E-state index in [4.69, 9.17) is 28.9 Å². The van der Waals surface area contributed by atoms with Gasteiger partial charge in [0.05, 0.1) is 0 Å². The molecule has 1 aromatic rings. The molecule has 4 nitrogen and oxygen atoms in total. The molecule has 0 aliphatic rings. The van der Waals surface area contributed by atoms with Crippen LogP contribution in [0.1, 0.15) is 5.56 Å². The number of carbonyl (C=O) groups is 1. The second-order valence-corrected chi connectivity index (χ2v) is 3.28. The Hall–Kier alpha value is -1.26. The molecule has 1 aromatic carbocycles. The minimum Gasteiger partial charge on any atom is -0.380 e. The minimum atomic E-state index is -0.659. The average Bonchev–Trinajstić information content (AvgIpc) is 2.26. The highest BCUT2D eigenvalue weighted by Gasteiger charge is 2.02. The third-order valence-electron chi connectivity index (χ3n) is 1.49. The van der Waals surface area contributed by atoms with Crippen molar-refractivity contribution in [2.75, 3.05) is 5.88 Å². The largest absolute Gasteiger partial charge is 0.380 e. The fourth-order valence-electron chi connectivity index (χ4n) is 0.798. The first-order valence-corrected chi connectivity index (χ1v) is 4.90. The van der Waals surface area contributed by atoms with Gasteiger partial charge in [-0.05, 0) is 24.3 Å². The summed E-state index contributed by atoms with van der Waals surface area (Å²) >= 11 is 10.9. The fraction of sp³-hybridized carbons (Fsp3) is 0.111. The molecule has 0 aliphatic carbocycles. The third kappa shape index (κ3) is 3.77. The Kier molecular flexibility index (Phi) is 4.39. The van der Waals surface area contributed by atoms with Crippen molar-refractivity contribution in [1.82, 2.24) is 0 Å². The molecule has 1 rings (SSSR count). The van der Waals surface area contributed by atoms with Crippen molar-refractivity contribution in [3.63, 3.8) is 0 Å². The predicted octanol–water partition coefficient (Wildman–Crippen LogP) is 1.74. The van der Waals surface area contributed by atoms with E-state index in [-0.39, 0.29) is 11.7 Å². The van der Waals surface area contributed by atoms with Gasteiger partial charge in [0.15, 0.2) is 5.84 Å². The van der Waals surface area contributed by atoms with Crippen LogP contribution >= 0.6 is 23.2 Å². The lowest BCUT2D eigenvalue weighted by atomic mass is 10.2. The molecule has 0 aliphatic heterocycles. The fourth-order valence-corrected chi connectivity index (χ4v) is 0.973. The molecular weight excluding hydrogens is 239 g/mol. The van der Waals surface area contributed by atoms with E-state index in [0.717, 1.165) is 0 Å². The van der Waals surface area contributed by atoms with Crippen LogP contribution in [0, 0.1) is 0 Å². The van der Waals surface area contributed by atoms with Crippen molar-refractivity contribution in [2.24, 2.45) is 10.9 Å². The number of hydrogen-bond acceptors (Lipinski definition) is 3. The zero-order valence-electron chi connectivity index (χ0n) is 7.61. The number of amidine groups is 1. The van der Waals surface area contributed by atoms with Gasteiger partial charge in [0.1, 0.15) is 5.88 Å². The predicted molar refractivity (Wildman–Crippen MR) is 59.0 cm³/mol. The van der Waals surface area contributed by atoms with Gasteiger partial charge in [-0.25, -0.2) is 4.79 Å². The van der Waals surface area contributed by atoms with Crippen molar-refractivity contribution in [3.8, 4) is 0 Å². The summed E-state index contributed by atoms with van der Waals surface area (Å²) in [5.74, 6) is -0.837. The number of halogens is 2. The van der Waals surface area contributed by atoms with E-state index in [2.05, 4.69) is 9.99 Å². The highest BCUT2D eigenvalue weighted by atomic mass is 35.5. The first-order chi connectivity index (χ1) is 7.13. The molecule has 0 saturated heterocycles. The SMILES string of the molecule is N/C(=N\OC(=O)CCl)c1ccc(Cl)cc1. The molecule has 0 saturated carbocycles. The summed E-state index contributed by atoms with van der Waals surface area (Å²) < 4.78 is 0. The Morgan fingerprint density at radius 3 is 2.53 bits per heavy atom. The van der Waals surface area contributed by atoms with Gasteiger partial charge in [-0.15, -0.1) is 11.6 Å². The molecule has 0 radical (unpaired) electrons. The lowest BCUT2D eigenvalue weighted by molar-refractivity contribution is -0.140. The Labute approximate surface area is 96.6 Å². The third-order valence-corrected chi connectivity index (χ3v) is 1.97. The summed E-state index contributed by atoms with van der Waals surface area (Å²) in [6.07, 6.45) is 0. The molecule has 2 N–H and O–H groups in total. The number of alkyl halides is 1. The molecule has 0 fully saturated rings. The number of rotatable bonds is 3. The van der Waals surface area contributed by atoms with Crippen LogP contribution in [0.2, 0.25) is 5.02 Å². The van der Waals surface area contributed by atoms with E-state index < -0.39 is 5.97 Å². The molecule has 0 amide bonds. The van der Waals surface area contributed by atoms with E-state index >= 15 is 0 Å². The molecule has 0 unspecified atom stereocenters. The zero-order chi connectivity index (χ0) is 11.3. The van der Waals surface area contributed by atoms with E-state index in [1.54, 1.807) is 24.3 Å². The number of hydrogen-bond donors (Lipinski definition) is 1. The highest BCUT2D eigenvalue weighted by Crippen LogP contribution is 2.09. The van der Waals surface area contributed by atoms with Crippen molar-refractivity contribution in [2.45, 2.75) is 0 Å². The van der Waals surface area contributed by atoms with Crippen LogP contribution in [0.4, 0.5) is 0 Å². The van der Waals surface area contributed by atoms with Crippen LogP contribution in [-0.2, 0) is 9.63 Å². The summed E-state index contributed by atoms with van der Waals surface area (Å²) in [6.45, 7) is 0. The molecule has 0 atom stereocenters. The Morgan fingerprint density at radius 2 is 2.00 bits per heavy atom. The maximum absolute atomic E-state index is 10.7. The maximum Gasteiger partial charge on any atom is 0.349 e. The number of nitrogens with zero attached hydrogens (tertiary/aromatic N) is 1. The molecule has 0 spiro atoms. The monoisotopic (exact) mass is 246 g/mol. The topological polar surface area (TPSA) is 64.7 Å². The van der Waals surface area contributed by atoms with Gasteiger partial charge in [-0.2, -0.15) is 0 Å². The lowest BCUT2D eigenvalue weighted by Gasteiger charge is -1.99. The van der Waals surface area contributed by atoms with Crippen molar-refractivity contribution < 1.29 is 9.63 Å². The van der Waals surface area contributed by atoms with Gasteiger partial charge < -0.3 is 10.6 Å². The first kappa shape index (κ1) is 11.8. The molecule has 6 heteroatoms. The summed E-state index contributed by atoms with van der Waals surface area (Å²) in [5.41, 5.74) is 6.15. The molecule has 0 heterocycles. The molecule has 80 valence electrons. The standard InChI is InChI=1S/C9H8Cl2N2O2/c10-5-8(14)15-13-9(12)6-1-3-7(11)4-2-6/h1-4H,5H2,(H2,12,13). The van der Waals surface area contributed by atoms with Crippen LogP contribution in [0.5, 0.6) is 0 Å². The number of carbonyl (C=O) groups excluding carboxylic acids is 1. The van der Waals surface area contributed by atoms with Crippen LogP contribution in [0.25, 0.3) is 0 Å². The molecule has 15 heavy (non-hydrogen) atoms. The number of nitrogens with two attached hydrogens (primary N) is 1. The van der Waals surface area contributed by atoms with Gasteiger partial charge in [-0.1, -0.05) is 16.8 Å². The van der Waals surface area contributed by atoms with E-state index in [1.807, 2.05) is 0 Å². The van der Waals surface area contributed by atoms with Gasteiger partial charge in [-0.3, -0.25) is 0 Å². The second-order valence-electron chi connectivity index (χ2n) is 2.58.